The van der Waals surface area contributed by atoms with Gasteiger partial charge in [-0.1, -0.05) is 12.2 Å². The van der Waals surface area contributed by atoms with E-state index in [0.717, 1.165) is 17.5 Å². The van der Waals surface area contributed by atoms with Crippen LogP contribution < -0.4 is 0 Å². The highest BCUT2D eigenvalue weighted by Crippen LogP contribution is 2.34. The Kier molecular flexibility index (Phi) is 2.63. The zero-order valence-electron chi connectivity index (χ0n) is 11.9. The normalized spacial score (nSPS) is 20.5. The first-order valence-corrected chi connectivity index (χ1v) is 6.79. The quantitative estimate of drug-likeness (QED) is 0.694. The van der Waals surface area contributed by atoms with Gasteiger partial charge in [0, 0.05) is 11.8 Å². The molecule has 0 spiro atoms. The second-order valence-electron chi connectivity index (χ2n) is 5.56. The largest absolute Gasteiger partial charge is 0.308 e. The number of hydrogen-bond acceptors (Lipinski definition) is 1. The Bertz CT molecular complexity index is 637. The number of carbonyl (C=O) groups is 1. The summed E-state index contributed by atoms with van der Waals surface area (Å²) in [6.45, 7) is 8.49. The summed E-state index contributed by atoms with van der Waals surface area (Å²) in [4.78, 5) is 14.6. The Morgan fingerprint density at radius 2 is 1.68 bits per heavy atom. The predicted octanol–water partition coefficient (Wildman–Crippen LogP) is 3.37. The minimum absolute atomic E-state index is 0.149. The summed E-state index contributed by atoms with van der Waals surface area (Å²) >= 11 is 0. The number of carbonyl (C=O) groups excluding carboxylic acids is 1. The second kappa shape index (κ2) is 4.09. The molecular weight excluding hydrogens is 234 g/mol. The Labute approximate surface area is 114 Å². The third-order valence-electron chi connectivity index (χ3n) is 4.73. The average Bonchev–Trinajstić information content (AvgIpc) is 2.43. The van der Waals surface area contributed by atoms with Crippen LogP contribution in [0.3, 0.4) is 0 Å². The average molecular weight is 253 g/mol. The van der Waals surface area contributed by atoms with Crippen LogP contribution in [0.15, 0.2) is 24.4 Å². The van der Waals surface area contributed by atoms with Crippen LogP contribution in [0.2, 0.25) is 0 Å². The minimum Gasteiger partial charge on any atom is -0.308 e. The highest BCUT2D eigenvalue weighted by Gasteiger charge is 2.33. The molecule has 0 aromatic heterocycles. The maximum atomic E-state index is 12.7. The number of hydrogen-bond donors (Lipinski definition) is 0. The van der Waals surface area contributed by atoms with Crippen molar-refractivity contribution in [1.82, 2.24) is 4.90 Å². The summed E-state index contributed by atoms with van der Waals surface area (Å²) in [6.07, 6.45) is 8.91. The molecule has 2 aliphatic heterocycles. The zero-order chi connectivity index (χ0) is 13.7. The molecule has 0 aliphatic carbocycles. The number of nitrogens with zero attached hydrogens (tertiary/aromatic N) is 1. The predicted molar refractivity (Wildman–Crippen MR) is 77.3 cm³/mol. The lowest BCUT2D eigenvalue weighted by atomic mass is 9.82. The molecule has 2 heterocycles. The summed E-state index contributed by atoms with van der Waals surface area (Å²) in [5, 5.41) is 0. The fraction of sp³-hybridized carbons (Fsp3) is 0.353. The topological polar surface area (TPSA) is 20.3 Å². The maximum absolute atomic E-state index is 12.7. The Morgan fingerprint density at radius 1 is 1.00 bits per heavy atom. The van der Waals surface area contributed by atoms with Gasteiger partial charge in [0.25, 0.3) is 5.91 Å². The lowest BCUT2D eigenvalue weighted by Gasteiger charge is -2.36. The summed E-state index contributed by atoms with van der Waals surface area (Å²) in [5.41, 5.74) is 7.18. The van der Waals surface area contributed by atoms with Crippen molar-refractivity contribution in [3.05, 3.63) is 57.8 Å². The number of rotatable bonds is 0. The van der Waals surface area contributed by atoms with E-state index in [1.807, 2.05) is 23.3 Å². The van der Waals surface area contributed by atoms with Gasteiger partial charge >= 0.3 is 0 Å². The standard InChI is InChI=1S/C17H19NO/c1-10-11(2)13(4)16-15(12(10)3)9-14-7-5-6-8-18(14)17(16)19/h5-8,14H,9H2,1-4H3/t14-/m0/s1. The molecule has 1 aromatic rings. The van der Waals surface area contributed by atoms with E-state index in [2.05, 4.69) is 33.8 Å². The Morgan fingerprint density at radius 3 is 2.42 bits per heavy atom. The van der Waals surface area contributed by atoms with Gasteiger partial charge < -0.3 is 4.90 Å². The third kappa shape index (κ3) is 1.59. The molecule has 1 aromatic carbocycles. The third-order valence-corrected chi connectivity index (χ3v) is 4.73. The molecule has 0 saturated heterocycles. The molecule has 19 heavy (non-hydrogen) atoms. The highest BCUT2D eigenvalue weighted by atomic mass is 16.2. The van der Waals surface area contributed by atoms with E-state index >= 15 is 0 Å². The fourth-order valence-electron chi connectivity index (χ4n) is 3.20. The summed E-state index contributed by atoms with van der Waals surface area (Å²) in [5.74, 6) is 0.149. The number of amides is 1. The number of allylic oxidation sites excluding steroid dienone is 2. The van der Waals surface area contributed by atoms with E-state index in [9.17, 15) is 4.79 Å². The van der Waals surface area contributed by atoms with Crippen molar-refractivity contribution in [3.8, 4) is 0 Å². The summed E-state index contributed by atoms with van der Waals surface area (Å²) in [7, 11) is 0. The fourth-order valence-corrected chi connectivity index (χ4v) is 3.20. The van der Waals surface area contributed by atoms with Crippen molar-refractivity contribution >= 4 is 5.91 Å². The van der Waals surface area contributed by atoms with Crippen molar-refractivity contribution in [3.63, 3.8) is 0 Å². The van der Waals surface area contributed by atoms with Crippen LogP contribution in [0, 0.1) is 27.7 Å². The van der Waals surface area contributed by atoms with Gasteiger partial charge in [-0.25, -0.2) is 0 Å². The molecular formula is C17H19NO. The van der Waals surface area contributed by atoms with Gasteiger partial charge in [-0.05, 0) is 68.0 Å². The molecule has 98 valence electrons. The molecule has 2 heteroatoms. The van der Waals surface area contributed by atoms with Gasteiger partial charge in [0.05, 0.1) is 6.04 Å². The van der Waals surface area contributed by atoms with Crippen LogP contribution >= 0.6 is 0 Å². The monoisotopic (exact) mass is 253 g/mol. The van der Waals surface area contributed by atoms with Gasteiger partial charge in [-0.15, -0.1) is 0 Å². The molecule has 0 unspecified atom stereocenters. The van der Waals surface area contributed by atoms with Crippen molar-refractivity contribution in [1.29, 1.82) is 0 Å². The molecule has 1 atom stereocenters. The van der Waals surface area contributed by atoms with Crippen molar-refractivity contribution < 1.29 is 4.79 Å². The highest BCUT2D eigenvalue weighted by molar-refractivity contribution is 6.00. The Balaban J connectivity index is 2.26. The first kappa shape index (κ1) is 12.2. The lowest BCUT2D eigenvalue weighted by Crippen LogP contribution is -2.43. The van der Waals surface area contributed by atoms with Crippen LogP contribution in [0.25, 0.3) is 0 Å². The van der Waals surface area contributed by atoms with E-state index in [0.29, 0.717) is 0 Å². The smallest absolute Gasteiger partial charge is 0.258 e. The van der Waals surface area contributed by atoms with E-state index in [1.54, 1.807) is 0 Å². The number of fused-ring (bicyclic) bond motifs is 2. The van der Waals surface area contributed by atoms with E-state index < -0.39 is 0 Å². The molecule has 0 N–H and O–H groups in total. The summed E-state index contributed by atoms with van der Waals surface area (Å²) in [6, 6.07) is 0.185. The maximum Gasteiger partial charge on any atom is 0.258 e. The second-order valence-corrected chi connectivity index (χ2v) is 5.56. The minimum atomic E-state index is 0.149. The Hall–Kier alpha value is -1.83. The molecule has 3 rings (SSSR count). The van der Waals surface area contributed by atoms with Gasteiger partial charge in [0.2, 0.25) is 0 Å². The molecule has 0 bridgehead atoms. The van der Waals surface area contributed by atoms with E-state index in [-0.39, 0.29) is 11.9 Å². The van der Waals surface area contributed by atoms with Crippen LogP contribution in [0.1, 0.15) is 38.2 Å². The molecule has 0 fully saturated rings. The molecule has 2 aliphatic rings. The van der Waals surface area contributed by atoms with Crippen LogP contribution in [-0.4, -0.2) is 16.8 Å². The molecule has 1 amide bonds. The SMILES string of the molecule is Cc1c(C)c(C)c2c(c1C)C[C@@H]1C=CC=CN1C2=O. The molecule has 0 radical (unpaired) electrons. The molecule has 0 saturated carbocycles. The van der Waals surface area contributed by atoms with Gasteiger partial charge in [-0.2, -0.15) is 0 Å². The first-order valence-electron chi connectivity index (χ1n) is 6.79. The van der Waals surface area contributed by atoms with Crippen LogP contribution in [-0.2, 0) is 6.42 Å². The van der Waals surface area contributed by atoms with E-state index in [4.69, 9.17) is 0 Å². The number of benzene rings is 1. The van der Waals surface area contributed by atoms with Crippen molar-refractivity contribution in [2.45, 2.75) is 40.2 Å². The lowest BCUT2D eigenvalue weighted by molar-refractivity contribution is 0.0770. The van der Waals surface area contributed by atoms with Crippen molar-refractivity contribution in [2.24, 2.45) is 0 Å². The van der Waals surface area contributed by atoms with Crippen molar-refractivity contribution in [2.75, 3.05) is 0 Å². The first-order chi connectivity index (χ1) is 9.02. The van der Waals surface area contributed by atoms with Gasteiger partial charge in [0.15, 0.2) is 0 Å². The van der Waals surface area contributed by atoms with Gasteiger partial charge in [-0.3, -0.25) is 4.79 Å². The summed E-state index contributed by atoms with van der Waals surface area (Å²) < 4.78 is 0. The van der Waals surface area contributed by atoms with Crippen LogP contribution in [0.4, 0.5) is 0 Å². The zero-order valence-corrected chi connectivity index (χ0v) is 11.9. The van der Waals surface area contributed by atoms with E-state index in [1.165, 1.54) is 22.3 Å². The van der Waals surface area contributed by atoms with Crippen LogP contribution in [0.5, 0.6) is 0 Å². The molecule has 2 nitrogen and oxygen atoms in total. The van der Waals surface area contributed by atoms with Gasteiger partial charge in [0.1, 0.15) is 0 Å².